The third-order valence-electron chi connectivity index (χ3n) is 5.95. The second kappa shape index (κ2) is 9.99. The zero-order valence-corrected chi connectivity index (χ0v) is 19.7. The second-order valence-corrected chi connectivity index (χ2v) is 9.21. The predicted molar refractivity (Wildman–Crippen MR) is 129 cm³/mol. The summed E-state index contributed by atoms with van der Waals surface area (Å²) in [6.07, 6.45) is 3.37. The number of amides is 1. The number of nitrogens with one attached hydrogen (secondary N) is 1. The lowest BCUT2D eigenvalue weighted by atomic mass is 9.86. The van der Waals surface area contributed by atoms with E-state index in [1.54, 1.807) is 36.4 Å². The molecular weight excluding hydrogens is 475 g/mol. The van der Waals surface area contributed by atoms with Gasteiger partial charge in [-0.25, -0.2) is 4.98 Å². The van der Waals surface area contributed by atoms with Crippen LogP contribution in [0.3, 0.4) is 0 Å². The SMILES string of the molecule is O=C(N[C@H]1CC[C@H](c2nnc(COc3ccc(Cl)cc3)o2)CC1)c1ccc2cc(Cl)ccc2n1. The van der Waals surface area contributed by atoms with E-state index in [2.05, 4.69) is 20.5 Å². The fourth-order valence-electron chi connectivity index (χ4n) is 4.13. The largest absolute Gasteiger partial charge is 0.484 e. The highest BCUT2D eigenvalue weighted by Gasteiger charge is 2.27. The van der Waals surface area contributed by atoms with Gasteiger partial charge in [0, 0.05) is 27.4 Å². The van der Waals surface area contributed by atoms with E-state index in [0.717, 1.165) is 36.6 Å². The van der Waals surface area contributed by atoms with Gasteiger partial charge in [-0.05, 0) is 74.2 Å². The molecule has 0 bridgehead atoms. The Labute approximate surface area is 206 Å². The number of pyridine rings is 1. The number of carbonyl (C=O) groups excluding carboxylic acids is 1. The van der Waals surface area contributed by atoms with Crippen molar-refractivity contribution in [2.24, 2.45) is 0 Å². The van der Waals surface area contributed by atoms with Crippen molar-refractivity contribution in [2.45, 2.75) is 44.2 Å². The Hall–Kier alpha value is -3.16. The van der Waals surface area contributed by atoms with Gasteiger partial charge in [-0.1, -0.05) is 29.3 Å². The summed E-state index contributed by atoms with van der Waals surface area (Å²) < 4.78 is 11.5. The number of hydrogen-bond acceptors (Lipinski definition) is 6. The molecule has 34 heavy (non-hydrogen) atoms. The van der Waals surface area contributed by atoms with Crippen LogP contribution in [-0.4, -0.2) is 27.1 Å². The highest BCUT2D eigenvalue weighted by Crippen LogP contribution is 2.32. The normalized spacial score (nSPS) is 18.1. The molecule has 5 rings (SSSR count). The molecule has 1 fully saturated rings. The zero-order valence-electron chi connectivity index (χ0n) is 18.2. The third kappa shape index (κ3) is 5.32. The molecular formula is C25H22Cl2N4O3. The van der Waals surface area contributed by atoms with Crippen LogP contribution in [0.5, 0.6) is 5.75 Å². The molecule has 0 radical (unpaired) electrons. The number of rotatable bonds is 6. The van der Waals surface area contributed by atoms with Crippen molar-refractivity contribution in [3.63, 3.8) is 0 Å². The molecule has 1 amide bonds. The molecule has 4 aromatic rings. The first-order valence-corrected chi connectivity index (χ1v) is 11.9. The van der Waals surface area contributed by atoms with E-state index >= 15 is 0 Å². The van der Waals surface area contributed by atoms with Crippen molar-refractivity contribution in [3.05, 3.63) is 82.1 Å². The summed E-state index contributed by atoms with van der Waals surface area (Å²) in [7, 11) is 0. The number of hydrogen-bond donors (Lipinski definition) is 1. The molecule has 2 heterocycles. The standard InChI is InChI=1S/C25H22Cl2N4O3/c26-17-4-9-20(10-5-17)33-14-23-30-31-25(34-23)15-1-7-19(8-2-15)28-24(32)22-11-3-16-13-18(27)6-12-21(16)29-22/h3-6,9-13,15,19H,1-2,7-8,14H2,(H,28,32)/t15-,19-. The molecule has 0 spiro atoms. The number of aromatic nitrogens is 3. The number of halogens is 2. The topological polar surface area (TPSA) is 90.1 Å². The van der Waals surface area contributed by atoms with Crippen LogP contribution in [0.15, 0.2) is 59.0 Å². The van der Waals surface area contributed by atoms with Crippen molar-refractivity contribution in [1.29, 1.82) is 0 Å². The Morgan fingerprint density at radius 3 is 2.53 bits per heavy atom. The summed E-state index contributed by atoms with van der Waals surface area (Å²) in [4.78, 5) is 17.2. The van der Waals surface area contributed by atoms with Gasteiger partial charge in [0.05, 0.1) is 5.52 Å². The highest BCUT2D eigenvalue weighted by molar-refractivity contribution is 6.31. The molecule has 0 atom stereocenters. The van der Waals surface area contributed by atoms with Gasteiger partial charge in [-0.15, -0.1) is 10.2 Å². The van der Waals surface area contributed by atoms with Crippen molar-refractivity contribution in [2.75, 3.05) is 0 Å². The Kier molecular flexibility index (Phi) is 6.65. The average Bonchev–Trinajstić information content (AvgIpc) is 3.33. The minimum atomic E-state index is -0.167. The molecule has 0 aliphatic heterocycles. The quantitative estimate of drug-likeness (QED) is 0.354. The molecule has 2 aromatic carbocycles. The molecule has 1 aliphatic rings. The van der Waals surface area contributed by atoms with Crippen LogP contribution in [-0.2, 0) is 6.61 Å². The molecule has 174 valence electrons. The van der Waals surface area contributed by atoms with E-state index in [1.807, 2.05) is 18.2 Å². The fraction of sp³-hybridized carbons (Fsp3) is 0.280. The van der Waals surface area contributed by atoms with Crippen LogP contribution < -0.4 is 10.1 Å². The lowest BCUT2D eigenvalue weighted by Crippen LogP contribution is -2.37. The molecule has 0 unspecified atom stereocenters. The van der Waals surface area contributed by atoms with Gasteiger partial charge in [0.15, 0.2) is 6.61 Å². The van der Waals surface area contributed by atoms with E-state index in [9.17, 15) is 4.79 Å². The van der Waals surface area contributed by atoms with Crippen LogP contribution in [0.1, 0.15) is 53.9 Å². The molecule has 0 saturated heterocycles. The number of ether oxygens (including phenoxy) is 1. The second-order valence-electron chi connectivity index (χ2n) is 8.33. The first-order valence-electron chi connectivity index (χ1n) is 11.1. The van der Waals surface area contributed by atoms with Crippen LogP contribution in [0.25, 0.3) is 10.9 Å². The van der Waals surface area contributed by atoms with E-state index in [-0.39, 0.29) is 24.5 Å². The van der Waals surface area contributed by atoms with Gasteiger partial charge in [0.25, 0.3) is 11.8 Å². The highest BCUT2D eigenvalue weighted by atomic mass is 35.5. The van der Waals surface area contributed by atoms with Crippen LogP contribution in [0.4, 0.5) is 0 Å². The lowest BCUT2D eigenvalue weighted by molar-refractivity contribution is 0.0920. The molecule has 7 nitrogen and oxygen atoms in total. The van der Waals surface area contributed by atoms with E-state index in [4.69, 9.17) is 32.4 Å². The van der Waals surface area contributed by atoms with Crippen molar-refractivity contribution in [3.8, 4) is 5.75 Å². The van der Waals surface area contributed by atoms with Gasteiger partial charge in [0.1, 0.15) is 11.4 Å². The zero-order chi connectivity index (χ0) is 23.5. The van der Waals surface area contributed by atoms with Gasteiger partial charge < -0.3 is 14.5 Å². The summed E-state index contributed by atoms with van der Waals surface area (Å²) in [6.45, 7) is 0.199. The minimum absolute atomic E-state index is 0.0853. The fourth-order valence-corrected chi connectivity index (χ4v) is 4.44. The van der Waals surface area contributed by atoms with Crippen molar-refractivity contribution in [1.82, 2.24) is 20.5 Å². The first-order chi connectivity index (χ1) is 16.5. The Morgan fingerprint density at radius 2 is 1.74 bits per heavy atom. The van der Waals surface area contributed by atoms with Gasteiger partial charge in [0.2, 0.25) is 5.89 Å². The number of nitrogens with zero attached hydrogens (tertiary/aromatic N) is 3. The van der Waals surface area contributed by atoms with Gasteiger partial charge in [-0.3, -0.25) is 4.79 Å². The maximum absolute atomic E-state index is 12.7. The Bertz CT molecular complexity index is 1300. The first kappa shape index (κ1) is 22.6. The molecule has 9 heteroatoms. The van der Waals surface area contributed by atoms with E-state index in [1.165, 1.54) is 0 Å². The summed E-state index contributed by atoms with van der Waals surface area (Å²) in [5.74, 6) is 1.75. The number of benzene rings is 2. The van der Waals surface area contributed by atoms with E-state index in [0.29, 0.717) is 33.3 Å². The third-order valence-corrected chi connectivity index (χ3v) is 6.44. The average molecular weight is 497 g/mol. The molecule has 1 saturated carbocycles. The molecule has 1 N–H and O–H groups in total. The van der Waals surface area contributed by atoms with Crippen LogP contribution in [0, 0.1) is 0 Å². The summed E-state index contributed by atoms with van der Waals surface area (Å²) in [5, 5.41) is 13.6. The summed E-state index contributed by atoms with van der Waals surface area (Å²) >= 11 is 11.9. The smallest absolute Gasteiger partial charge is 0.270 e. The van der Waals surface area contributed by atoms with Crippen LogP contribution >= 0.6 is 23.2 Å². The number of fused-ring (bicyclic) bond motifs is 1. The number of carbonyl (C=O) groups is 1. The van der Waals surface area contributed by atoms with Gasteiger partial charge in [-0.2, -0.15) is 0 Å². The van der Waals surface area contributed by atoms with Crippen molar-refractivity contribution < 1.29 is 13.9 Å². The molecule has 2 aromatic heterocycles. The van der Waals surface area contributed by atoms with Gasteiger partial charge >= 0.3 is 0 Å². The lowest BCUT2D eigenvalue weighted by Gasteiger charge is -2.27. The maximum Gasteiger partial charge on any atom is 0.270 e. The minimum Gasteiger partial charge on any atom is -0.484 e. The predicted octanol–water partition coefficient (Wildman–Crippen LogP) is 5.96. The van der Waals surface area contributed by atoms with E-state index < -0.39 is 0 Å². The summed E-state index contributed by atoms with van der Waals surface area (Å²) in [5.41, 5.74) is 1.15. The Balaban J connectivity index is 1.13. The maximum atomic E-state index is 12.7. The Morgan fingerprint density at radius 1 is 0.971 bits per heavy atom. The monoisotopic (exact) mass is 496 g/mol. The molecule has 1 aliphatic carbocycles. The van der Waals surface area contributed by atoms with Crippen LogP contribution in [0.2, 0.25) is 10.0 Å². The van der Waals surface area contributed by atoms with Crippen molar-refractivity contribution >= 4 is 40.0 Å². The summed E-state index contributed by atoms with van der Waals surface area (Å²) in [6, 6.07) is 16.2.